The first-order valence-corrected chi connectivity index (χ1v) is 13.5. The second kappa shape index (κ2) is 10.4. The Balaban J connectivity index is 1.41. The van der Waals surface area contributed by atoms with Gasteiger partial charge in [0.2, 0.25) is 0 Å². The molecule has 3 aliphatic rings. The van der Waals surface area contributed by atoms with Gasteiger partial charge in [-0.2, -0.15) is 0 Å². The molecule has 0 radical (unpaired) electrons. The van der Waals surface area contributed by atoms with Gasteiger partial charge >= 0.3 is 5.79 Å². The molecule has 7 N–H and O–H groups in total. The number of piperidine rings is 2. The van der Waals surface area contributed by atoms with Crippen molar-refractivity contribution in [1.82, 2.24) is 15.1 Å². The molecule has 2 fully saturated rings. The van der Waals surface area contributed by atoms with E-state index in [4.69, 9.17) is 4.74 Å². The average Bonchev–Trinajstić information content (AvgIpc) is 3.09. The monoisotopic (exact) mass is 587 g/mol. The molecule has 226 valence electrons. The summed E-state index contributed by atoms with van der Waals surface area (Å²) in [5.41, 5.74) is -0.806. The highest BCUT2D eigenvalue weighted by molar-refractivity contribution is 6.01. The van der Waals surface area contributed by atoms with Crippen molar-refractivity contribution >= 4 is 11.8 Å². The van der Waals surface area contributed by atoms with E-state index in [1.165, 1.54) is 24.3 Å². The Hall–Kier alpha value is -3.43. The number of ether oxygens (including phenoxy) is 1. The number of rotatable bonds is 6. The minimum atomic E-state index is -3.85. The predicted molar refractivity (Wildman–Crippen MR) is 143 cm³/mol. The van der Waals surface area contributed by atoms with Crippen LogP contribution in [0.3, 0.4) is 0 Å². The highest BCUT2D eigenvalue weighted by atomic mass is 19.1. The van der Waals surface area contributed by atoms with Crippen LogP contribution in [0.2, 0.25) is 0 Å². The van der Waals surface area contributed by atoms with E-state index in [0.717, 1.165) is 19.5 Å². The third-order valence-corrected chi connectivity index (χ3v) is 8.10. The van der Waals surface area contributed by atoms with Gasteiger partial charge in [0.1, 0.15) is 24.2 Å². The van der Waals surface area contributed by atoms with Crippen LogP contribution in [0.25, 0.3) is 0 Å². The topological polar surface area (TPSA) is 183 Å². The molecule has 2 amide bonds. The third-order valence-electron chi connectivity index (χ3n) is 8.10. The van der Waals surface area contributed by atoms with Crippen molar-refractivity contribution in [2.24, 2.45) is 11.8 Å². The summed E-state index contributed by atoms with van der Waals surface area (Å²) in [5, 5.41) is 65.5. The van der Waals surface area contributed by atoms with Crippen LogP contribution in [0.4, 0.5) is 4.39 Å². The zero-order valence-electron chi connectivity index (χ0n) is 23.1. The number of halogens is 1. The Morgan fingerprint density at radius 1 is 1.00 bits per heavy atom. The molecule has 2 aromatic carbocycles. The largest absolute Gasteiger partial charge is 0.488 e. The molecule has 0 aliphatic carbocycles. The molecule has 2 saturated heterocycles. The molecule has 2 aromatic rings. The van der Waals surface area contributed by atoms with Crippen LogP contribution in [0.15, 0.2) is 48.7 Å². The molecule has 5 rings (SSSR count). The molecule has 0 saturated carbocycles. The smallest absolute Gasteiger partial charge is 0.303 e. The van der Waals surface area contributed by atoms with Gasteiger partial charge in [0, 0.05) is 36.5 Å². The molecule has 12 nitrogen and oxygen atoms in total. The molecule has 13 heteroatoms. The molecule has 42 heavy (non-hydrogen) atoms. The number of aliphatic hydroxyl groups is 6. The normalized spacial score (nSPS) is 26.6. The van der Waals surface area contributed by atoms with Crippen LogP contribution in [0.1, 0.15) is 47.3 Å². The number of nitrogens with zero attached hydrogens (tertiary/aromatic N) is 2. The van der Waals surface area contributed by atoms with Crippen LogP contribution in [-0.2, 0) is 23.9 Å². The summed E-state index contributed by atoms with van der Waals surface area (Å²) in [7, 11) is 0. The summed E-state index contributed by atoms with van der Waals surface area (Å²) >= 11 is 0. The van der Waals surface area contributed by atoms with Crippen LogP contribution in [0, 0.1) is 17.7 Å². The minimum Gasteiger partial charge on any atom is -0.488 e. The number of carbonyl (C=O) groups is 2. The summed E-state index contributed by atoms with van der Waals surface area (Å²) < 4.78 is 21.3. The molecule has 3 unspecified atom stereocenters. The van der Waals surface area contributed by atoms with E-state index in [2.05, 4.69) is 25.3 Å². The summed E-state index contributed by atoms with van der Waals surface area (Å²) in [5.74, 6) is -13.5. The molecule has 3 heterocycles. The summed E-state index contributed by atoms with van der Waals surface area (Å²) in [6.07, 6.45) is 1.12. The number of likely N-dealkylation sites (tertiary alicyclic amines) is 1. The third kappa shape index (κ3) is 4.76. The van der Waals surface area contributed by atoms with Crippen molar-refractivity contribution in [1.29, 1.82) is 0 Å². The Morgan fingerprint density at radius 2 is 1.62 bits per heavy atom. The highest BCUT2D eigenvalue weighted by Gasteiger charge is 2.68. The fraction of sp³-hybridized carbons (Fsp3) is 0.448. The van der Waals surface area contributed by atoms with Crippen molar-refractivity contribution in [2.75, 3.05) is 13.1 Å². The first-order valence-electron chi connectivity index (χ1n) is 13.5. The minimum absolute atomic E-state index is 0.134. The molecule has 0 spiro atoms. The van der Waals surface area contributed by atoms with Crippen LogP contribution in [-0.4, -0.2) is 83.0 Å². The van der Waals surface area contributed by atoms with Crippen LogP contribution in [0.5, 0.6) is 5.75 Å². The summed E-state index contributed by atoms with van der Waals surface area (Å²) in [6, 6.07) is 6.45. The fourth-order valence-corrected chi connectivity index (χ4v) is 6.29. The lowest BCUT2D eigenvalue weighted by Gasteiger charge is -2.49. The lowest BCUT2D eigenvalue weighted by Crippen LogP contribution is -2.77. The number of hydrogen-bond acceptors (Lipinski definition) is 10. The van der Waals surface area contributed by atoms with E-state index < -0.39 is 52.4 Å². The maximum absolute atomic E-state index is 15.5. The van der Waals surface area contributed by atoms with Gasteiger partial charge in [0.05, 0.1) is 11.1 Å². The second-order valence-corrected chi connectivity index (χ2v) is 11.6. The zero-order chi connectivity index (χ0) is 30.8. The summed E-state index contributed by atoms with van der Waals surface area (Å²) in [6.45, 7) is 9.53. The van der Waals surface area contributed by atoms with Gasteiger partial charge in [0.15, 0.2) is 0 Å². The van der Waals surface area contributed by atoms with Gasteiger partial charge < -0.3 is 40.7 Å². The molecule has 3 atom stereocenters. The van der Waals surface area contributed by atoms with Crippen molar-refractivity contribution in [3.63, 3.8) is 0 Å². The Morgan fingerprint density at radius 3 is 2.29 bits per heavy atom. The maximum atomic E-state index is 15.5. The van der Waals surface area contributed by atoms with Gasteiger partial charge in [0.25, 0.3) is 23.5 Å². The van der Waals surface area contributed by atoms with Crippen LogP contribution < -0.4 is 10.1 Å². The number of carbonyl (C=O) groups excluding carboxylic acids is 2. The fourth-order valence-electron chi connectivity index (χ4n) is 6.29. The van der Waals surface area contributed by atoms with Crippen molar-refractivity contribution in [3.8, 4) is 5.75 Å². The number of hydrogen-bond donors (Lipinski definition) is 7. The van der Waals surface area contributed by atoms with Gasteiger partial charge in [-0.1, -0.05) is 44.7 Å². The molecule has 0 bridgehead atoms. The van der Waals surface area contributed by atoms with E-state index in [0.29, 0.717) is 23.9 Å². The van der Waals surface area contributed by atoms with Gasteiger partial charge in [-0.25, -0.2) is 4.39 Å². The van der Waals surface area contributed by atoms with E-state index in [-0.39, 0.29) is 28.4 Å². The zero-order valence-corrected chi connectivity index (χ0v) is 23.1. The number of nitrogens with one attached hydrogen (secondary N) is 1. The lowest BCUT2D eigenvalue weighted by molar-refractivity contribution is -0.375. The first kappa shape index (κ1) is 30.0. The first-order chi connectivity index (χ1) is 19.6. The van der Waals surface area contributed by atoms with Crippen molar-refractivity contribution in [3.05, 3.63) is 76.7 Å². The molecular weight excluding hydrogens is 553 g/mol. The predicted octanol–water partition coefficient (Wildman–Crippen LogP) is -0.193. The quantitative estimate of drug-likeness (QED) is 0.224. The lowest BCUT2D eigenvalue weighted by atomic mass is 9.88. The number of fused-ring (bicyclic) bond motifs is 1. The van der Waals surface area contributed by atoms with Crippen LogP contribution >= 0.6 is 0 Å². The Kier molecular flexibility index (Phi) is 7.43. The van der Waals surface area contributed by atoms with E-state index >= 15 is 4.39 Å². The average molecular weight is 588 g/mol. The van der Waals surface area contributed by atoms with Gasteiger partial charge in [-0.3, -0.25) is 19.4 Å². The Labute approximate surface area is 240 Å². The van der Waals surface area contributed by atoms with Gasteiger partial charge in [-0.05, 0) is 30.4 Å². The standard InChI is InChI=1S/C29H34FN3O9/c1-15-10-16(2)12-32(11-15)13-18-6-4-7-19(23(18)30)14-42-21-9-5-8-20-22(21)29(40,41)33(25(20)34)24-17(3)31-26(35)28(38,39)27(24,36)37/h4-9,15-16,24,36-41H,3,10-14H2,1-2H3,(H,31,35). The summed E-state index contributed by atoms with van der Waals surface area (Å²) in [4.78, 5) is 27.6. The van der Waals surface area contributed by atoms with Crippen molar-refractivity contribution in [2.45, 2.75) is 56.9 Å². The van der Waals surface area contributed by atoms with E-state index in [9.17, 15) is 40.2 Å². The van der Waals surface area contributed by atoms with Crippen molar-refractivity contribution < 1.29 is 49.4 Å². The van der Waals surface area contributed by atoms with E-state index in [1.807, 2.05) is 5.32 Å². The SMILES string of the molecule is C=C1NC(=O)C(O)(O)C(O)(O)C1N1C(=O)c2cccc(OCc3cccc(CN4CC(C)CC(C)C4)c3F)c2C1(O)O. The van der Waals surface area contributed by atoms with Gasteiger partial charge in [-0.15, -0.1) is 0 Å². The Bertz CT molecular complexity index is 1430. The molecular formula is C29H34FN3O9. The second-order valence-electron chi connectivity index (χ2n) is 11.6. The highest BCUT2D eigenvalue weighted by Crippen LogP contribution is 2.46. The number of amides is 2. The molecule has 0 aromatic heterocycles. The molecule has 3 aliphatic heterocycles. The number of benzene rings is 2. The maximum Gasteiger partial charge on any atom is 0.303 e. The van der Waals surface area contributed by atoms with E-state index in [1.54, 1.807) is 12.1 Å².